The van der Waals surface area contributed by atoms with Gasteiger partial charge in [0.05, 0.1) is 17.9 Å². The van der Waals surface area contributed by atoms with Crippen LogP contribution in [0.15, 0.2) is 17.0 Å². The maximum atomic E-state index is 4.71. The third-order valence-corrected chi connectivity index (χ3v) is 2.37. The van der Waals surface area contributed by atoms with Gasteiger partial charge in [-0.05, 0) is 6.92 Å². The van der Waals surface area contributed by atoms with Gasteiger partial charge in [-0.15, -0.1) is 5.54 Å². The zero-order valence-electron chi connectivity index (χ0n) is 9.09. The van der Waals surface area contributed by atoms with Gasteiger partial charge in [-0.3, -0.25) is 0 Å². The van der Waals surface area contributed by atoms with E-state index in [1.54, 1.807) is 12.5 Å². The molecule has 0 aromatic carbocycles. The van der Waals surface area contributed by atoms with Gasteiger partial charge in [0.1, 0.15) is 14.3 Å². The van der Waals surface area contributed by atoms with Gasteiger partial charge in [0, 0.05) is 0 Å². The zero-order chi connectivity index (χ0) is 10.6. The fourth-order valence-electron chi connectivity index (χ4n) is 0.887. The minimum atomic E-state index is -1.26. The molecule has 0 radical (unpaired) electrons. The van der Waals surface area contributed by atoms with Crippen molar-refractivity contribution < 1.29 is 4.52 Å². The number of nitrogens with zero attached hydrogens (tertiary/aromatic N) is 1. The van der Waals surface area contributed by atoms with Crippen molar-refractivity contribution in [3.05, 3.63) is 12.5 Å². The van der Waals surface area contributed by atoms with Crippen LogP contribution >= 0.6 is 0 Å². The highest BCUT2D eigenvalue weighted by Gasteiger charge is 2.08. The summed E-state index contributed by atoms with van der Waals surface area (Å²) in [6.07, 6.45) is 3.22. The van der Waals surface area contributed by atoms with E-state index in [0.717, 1.165) is 5.69 Å². The van der Waals surface area contributed by atoms with E-state index in [9.17, 15) is 0 Å². The summed E-state index contributed by atoms with van der Waals surface area (Å²) in [4.78, 5) is 0. The molecule has 0 aliphatic heterocycles. The van der Waals surface area contributed by atoms with E-state index in [1.807, 2.05) is 6.92 Å². The van der Waals surface area contributed by atoms with Crippen molar-refractivity contribution in [2.75, 3.05) is 5.32 Å². The fraction of sp³-hybridized carbons (Fsp3) is 0.500. The monoisotopic (exact) mass is 208 g/mol. The molecule has 0 fully saturated rings. The van der Waals surface area contributed by atoms with Crippen LogP contribution in [0.5, 0.6) is 0 Å². The molecule has 0 bridgehead atoms. The van der Waals surface area contributed by atoms with E-state index in [4.69, 9.17) is 4.52 Å². The van der Waals surface area contributed by atoms with E-state index in [-0.39, 0.29) is 6.04 Å². The van der Waals surface area contributed by atoms with Crippen LogP contribution in [0.2, 0.25) is 19.6 Å². The molecule has 1 heterocycles. The van der Waals surface area contributed by atoms with Crippen molar-refractivity contribution in [3.8, 4) is 11.5 Å². The van der Waals surface area contributed by atoms with E-state index >= 15 is 0 Å². The number of rotatable bonds is 2. The van der Waals surface area contributed by atoms with E-state index in [0.29, 0.717) is 0 Å². The number of anilines is 1. The van der Waals surface area contributed by atoms with Crippen LogP contribution in [0.25, 0.3) is 0 Å². The number of hydrogen-bond donors (Lipinski definition) is 1. The molecule has 1 rings (SSSR count). The Bertz CT molecular complexity index is 329. The summed E-state index contributed by atoms with van der Waals surface area (Å²) in [6, 6.07) is 0.140. The zero-order valence-corrected chi connectivity index (χ0v) is 10.1. The Balaban J connectivity index is 2.50. The minimum absolute atomic E-state index is 0.140. The largest absolute Gasteiger partial charge is 0.368 e. The van der Waals surface area contributed by atoms with Crippen LogP contribution in [0, 0.1) is 11.5 Å². The third-order valence-electron chi connectivity index (χ3n) is 1.48. The first kappa shape index (κ1) is 10.9. The van der Waals surface area contributed by atoms with Gasteiger partial charge in [0.15, 0.2) is 0 Å². The molecule has 14 heavy (non-hydrogen) atoms. The Morgan fingerprint density at radius 3 is 2.71 bits per heavy atom. The molecule has 1 N–H and O–H groups in total. The van der Waals surface area contributed by atoms with Crippen molar-refractivity contribution >= 4 is 13.8 Å². The summed E-state index contributed by atoms with van der Waals surface area (Å²) < 4.78 is 4.71. The van der Waals surface area contributed by atoms with Gasteiger partial charge >= 0.3 is 0 Å². The second-order valence-corrected chi connectivity index (χ2v) is 9.05. The molecule has 0 spiro atoms. The predicted octanol–water partition coefficient (Wildman–Crippen LogP) is 2.36. The number of hydrogen-bond acceptors (Lipinski definition) is 3. The van der Waals surface area contributed by atoms with Crippen molar-refractivity contribution in [1.29, 1.82) is 0 Å². The van der Waals surface area contributed by atoms with Gasteiger partial charge < -0.3 is 9.84 Å². The molecule has 0 aliphatic carbocycles. The predicted molar refractivity (Wildman–Crippen MR) is 60.7 cm³/mol. The molecule has 1 aromatic rings. The molecule has 76 valence electrons. The van der Waals surface area contributed by atoms with Crippen LogP contribution in [0.3, 0.4) is 0 Å². The molecule has 1 unspecified atom stereocenters. The lowest BCUT2D eigenvalue weighted by molar-refractivity contribution is 0.420. The van der Waals surface area contributed by atoms with Crippen LogP contribution < -0.4 is 5.32 Å². The Labute approximate surface area is 85.9 Å². The van der Waals surface area contributed by atoms with Crippen molar-refractivity contribution in [2.24, 2.45) is 0 Å². The molecule has 0 saturated heterocycles. The maximum absolute atomic E-state index is 4.71. The van der Waals surface area contributed by atoms with E-state index < -0.39 is 8.07 Å². The summed E-state index contributed by atoms with van der Waals surface area (Å²) in [5.74, 6) is 3.19. The summed E-state index contributed by atoms with van der Waals surface area (Å²) in [7, 11) is -1.26. The second kappa shape index (κ2) is 4.34. The standard InChI is InChI=1S/C10H16N2OSi/c1-9(5-6-14(2,3)4)12-10-7-11-13-8-10/h7-9,12H,1-4H3. The van der Waals surface area contributed by atoms with Gasteiger partial charge in [-0.25, -0.2) is 0 Å². The number of aromatic nitrogens is 1. The van der Waals surface area contributed by atoms with Crippen molar-refractivity contribution in [2.45, 2.75) is 32.6 Å². The summed E-state index contributed by atoms with van der Waals surface area (Å²) in [6.45, 7) is 8.71. The lowest BCUT2D eigenvalue weighted by atomic mass is 10.3. The van der Waals surface area contributed by atoms with Crippen molar-refractivity contribution in [1.82, 2.24) is 5.16 Å². The van der Waals surface area contributed by atoms with E-state index in [2.05, 4.69) is 41.6 Å². The molecule has 0 aliphatic rings. The second-order valence-electron chi connectivity index (χ2n) is 4.30. The first-order chi connectivity index (χ1) is 6.47. The highest BCUT2D eigenvalue weighted by Crippen LogP contribution is 2.05. The van der Waals surface area contributed by atoms with Crippen LogP contribution in [0.1, 0.15) is 6.92 Å². The van der Waals surface area contributed by atoms with Crippen molar-refractivity contribution in [3.63, 3.8) is 0 Å². The summed E-state index contributed by atoms with van der Waals surface area (Å²) >= 11 is 0. The molecule has 0 amide bonds. The molecular weight excluding hydrogens is 192 g/mol. The summed E-state index contributed by atoms with van der Waals surface area (Å²) in [5, 5.41) is 6.79. The molecule has 1 aromatic heterocycles. The lowest BCUT2D eigenvalue weighted by Gasteiger charge is -2.08. The van der Waals surface area contributed by atoms with Gasteiger partial charge in [0.2, 0.25) is 0 Å². The van der Waals surface area contributed by atoms with Gasteiger partial charge in [0.25, 0.3) is 0 Å². The average Bonchev–Trinajstić information content (AvgIpc) is 2.52. The average molecular weight is 208 g/mol. The topological polar surface area (TPSA) is 38.1 Å². The summed E-state index contributed by atoms with van der Waals surface area (Å²) in [5.41, 5.74) is 4.19. The SMILES string of the molecule is CC(C#C[Si](C)(C)C)Nc1cnoc1. The molecule has 4 heteroatoms. The Hall–Kier alpha value is -1.21. The molecule has 0 saturated carbocycles. The smallest absolute Gasteiger partial charge is 0.146 e. The first-order valence-electron chi connectivity index (χ1n) is 4.66. The van der Waals surface area contributed by atoms with Gasteiger partial charge in [-0.1, -0.05) is 30.7 Å². The van der Waals surface area contributed by atoms with E-state index in [1.165, 1.54) is 0 Å². The van der Waals surface area contributed by atoms with Gasteiger partial charge in [-0.2, -0.15) is 0 Å². The molecule has 3 nitrogen and oxygen atoms in total. The number of nitrogens with one attached hydrogen (secondary N) is 1. The van der Waals surface area contributed by atoms with Crippen LogP contribution in [0.4, 0.5) is 5.69 Å². The Kier molecular flexibility index (Phi) is 3.36. The van der Waals surface area contributed by atoms with Crippen LogP contribution in [-0.2, 0) is 0 Å². The molecule has 1 atom stereocenters. The lowest BCUT2D eigenvalue weighted by Crippen LogP contribution is -2.19. The third kappa shape index (κ3) is 4.15. The first-order valence-corrected chi connectivity index (χ1v) is 8.16. The Morgan fingerprint density at radius 2 is 2.21 bits per heavy atom. The highest BCUT2D eigenvalue weighted by atomic mass is 28.3. The molecular formula is C10H16N2OSi. The minimum Gasteiger partial charge on any atom is -0.368 e. The normalized spacial score (nSPS) is 12.9. The van der Waals surface area contributed by atoms with Crippen LogP contribution in [-0.4, -0.2) is 19.3 Å². The highest BCUT2D eigenvalue weighted by molar-refractivity contribution is 6.83. The Morgan fingerprint density at radius 1 is 1.50 bits per heavy atom. The quantitative estimate of drug-likeness (QED) is 0.599. The fourth-order valence-corrected chi connectivity index (χ4v) is 1.54. The maximum Gasteiger partial charge on any atom is 0.146 e.